The largest absolute Gasteiger partial charge is 0.396 e. The van der Waals surface area contributed by atoms with E-state index in [2.05, 4.69) is 6.92 Å². The molecule has 0 radical (unpaired) electrons. The number of unbranched alkanes of at least 4 members (excludes halogenated alkanes) is 15. The lowest BCUT2D eigenvalue weighted by molar-refractivity contribution is 0.282. The summed E-state index contributed by atoms with van der Waals surface area (Å²) < 4.78 is 7.02. The fraction of sp³-hybridized carbons (Fsp3) is 1.00. The molecule has 0 aromatic carbocycles. The monoisotopic (exact) mass is 285 g/mol. The highest BCUT2D eigenvalue weighted by Crippen LogP contribution is 2.13. The van der Waals surface area contributed by atoms with Gasteiger partial charge in [0.2, 0.25) is 0 Å². The van der Waals surface area contributed by atoms with Crippen molar-refractivity contribution in [1.29, 1.82) is 0 Å². The van der Waals surface area contributed by atoms with Crippen LogP contribution >= 0.6 is 0 Å². The fourth-order valence-corrected chi connectivity index (χ4v) is 2.78. The smallest absolute Gasteiger partial charge is 0.0564 e. The Morgan fingerprint density at radius 1 is 0.500 bits per heavy atom. The van der Waals surface area contributed by atoms with Crippen LogP contribution in [0.2, 0.25) is 0 Å². The Labute approximate surface area is 130 Å². The van der Waals surface area contributed by atoms with Crippen molar-refractivity contribution in [2.24, 2.45) is 0 Å². The molecular formula is C19H40O. The second-order valence-electron chi connectivity index (χ2n) is 6.27. The topological polar surface area (TPSA) is 20.2 Å². The second kappa shape index (κ2) is 19.0. The lowest BCUT2D eigenvalue weighted by Crippen LogP contribution is -1.85. The molecule has 1 N–H and O–H groups in total. The molecule has 0 aliphatic carbocycles. The Bertz CT molecular complexity index is 182. The van der Waals surface area contributed by atoms with Crippen molar-refractivity contribution in [3.63, 3.8) is 0 Å². The Morgan fingerprint density at radius 3 is 1.00 bits per heavy atom. The lowest BCUT2D eigenvalue weighted by atomic mass is 10.0. The van der Waals surface area contributed by atoms with Crippen LogP contribution in [0.5, 0.6) is 0 Å². The summed E-state index contributed by atoms with van der Waals surface area (Å²) in [4.78, 5) is 0. The molecule has 1 heteroatoms. The van der Waals surface area contributed by atoms with Crippen LogP contribution in [0.4, 0.5) is 0 Å². The first kappa shape index (κ1) is 18.0. The molecule has 0 aromatic rings. The highest BCUT2D eigenvalue weighted by Gasteiger charge is 1.94. The average molecular weight is 286 g/mol. The van der Waals surface area contributed by atoms with Crippen LogP contribution in [-0.2, 0) is 0 Å². The SMILES string of the molecule is [2H]C(O)CCCCCCCCCCCCCCCCCC. The van der Waals surface area contributed by atoms with Crippen molar-refractivity contribution in [1.82, 2.24) is 0 Å². The van der Waals surface area contributed by atoms with Crippen LogP contribution in [0, 0.1) is 0 Å². The number of rotatable bonds is 17. The standard InChI is InChI=1S/C19H40O/c1-2-3-4-5-6-7-8-9-10-11-12-13-14-15-16-17-18-19-20/h20H,2-19H2,1H3/i19D. The van der Waals surface area contributed by atoms with E-state index in [0.717, 1.165) is 6.42 Å². The third-order valence-electron chi connectivity index (χ3n) is 4.19. The summed E-state index contributed by atoms with van der Waals surface area (Å²) >= 11 is 0. The summed E-state index contributed by atoms with van der Waals surface area (Å²) in [5.74, 6) is 0. The Kier molecular flexibility index (Phi) is 17.1. The molecule has 0 spiro atoms. The van der Waals surface area contributed by atoms with E-state index in [4.69, 9.17) is 6.48 Å². The average Bonchev–Trinajstić information content (AvgIpc) is 2.46. The summed E-state index contributed by atoms with van der Waals surface area (Å²) in [7, 11) is 0. The third kappa shape index (κ3) is 18.0. The molecule has 1 atom stereocenters. The molecule has 0 aromatic heterocycles. The molecule has 0 heterocycles. The minimum atomic E-state index is -0.850. The van der Waals surface area contributed by atoms with Gasteiger partial charge in [-0.3, -0.25) is 0 Å². The number of aliphatic hydroxyl groups excluding tert-OH is 1. The van der Waals surface area contributed by atoms with Crippen LogP contribution in [0.15, 0.2) is 0 Å². The molecule has 0 aliphatic heterocycles. The quantitative estimate of drug-likeness (QED) is 0.297. The maximum absolute atomic E-state index is 8.83. The van der Waals surface area contributed by atoms with Crippen LogP contribution in [0.25, 0.3) is 0 Å². The lowest BCUT2D eigenvalue weighted by Gasteiger charge is -2.03. The minimum absolute atomic E-state index is 0.651. The van der Waals surface area contributed by atoms with Crippen molar-refractivity contribution in [3.05, 3.63) is 0 Å². The van der Waals surface area contributed by atoms with E-state index in [-0.39, 0.29) is 0 Å². The summed E-state index contributed by atoms with van der Waals surface area (Å²) in [5.41, 5.74) is 0. The predicted molar refractivity (Wildman–Crippen MR) is 91.2 cm³/mol. The molecule has 122 valence electrons. The molecule has 0 rings (SSSR count). The molecule has 0 aliphatic rings. The number of hydrogen-bond acceptors (Lipinski definition) is 1. The van der Waals surface area contributed by atoms with E-state index in [9.17, 15) is 0 Å². The Hall–Kier alpha value is -0.0400. The van der Waals surface area contributed by atoms with Crippen LogP contribution in [0.1, 0.15) is 117 Å². The van der Waals surface area contributed by atoms with E-state index in [1.807, 2.05) is 0 Å². The van der Waals surface area contributed by atoms with E-state index in [1.54, 1.807) is 0 Å². The van der Waals surface area contributed by atoms with Gasteiger partial charge in [-0.2, -0.15) is 0 Å². The first-order valence-corrected chi connectivity index (χ1v) is 9.37. The minimum Gasteiger partial charge on any atom is -0.396 e. The van der Waals surface area contributed by atoms with Gasteiger partial charge in [-0.15, -0.1) is 0 Å². The van der Waals surface area contributed by atoms with Crippen molar-refractivity contribution in [2.75, 3.05) is 6.58 Å². The normalized spacial score (nSPS) is 13.4. The molecule has 1 nitrogen and oxygen atoms in total. The van der Waals surface area contributed by atoms with Crippen molar-refractivity contribution in [2.45, 2.75) is 116 Å². The predicted octanol–water partition coefficient (Wildman–Crippen LogP) is 6.63. The third-order valence-corrected chi connectivity index (χ3v) is 4.19. The van der Waals surface area contributed by atoms with Crippen LogP contribution < -0.4 is 0 Å². The van der Waals surface area contributed by atoms with E-state index in [1.165, 1.54) is 96.3 Å². The highest BCUT2D eigenvalue weighted by molar-refractivity contribution is 4.49. The molecule has 0 saturated carbocycles. The van der Waals surface area contributed by atoms with E-state index in [0.29, 0.717) is 6.42 Å². The van der Waals surface area contributed by atoms with Gasteiger partial charge >= 0.3 is 0 Å². The summed E-state index contributed by atoms with van der Waals surface area (Å²) in [6.07, 6.45) is 22.6. The van der Waals surface area contributed by atoms with Gasteiger partial charge in [0.05, 0.1) is 1.37 Å². The Morgan fingerprint density at radius 2 is 0.750 bits per heavy atom. The first-order chi connectivity index (χ1) is 10.3. The second-order valence-corrected chi connectivity index (χ2v) is 6.27. The van der Waals surface area contributed by atoms with Gasteiger partial charge in [0, 0.05) is 6.58 Å². The van der Waals surface area contributed by atoms with Crippen LogP contribution in [-0.4, -0.2) is 11.7 Å². The van der Waals surface area contributed by atoms with Gasteiger partial charge in [-0.1, -0.05) is 110 Å². The molecule has 0 amide bonds. The zero-order chi connectivity index (χ0) is 15.6. The summed E-state index contributed by atoms with van der Waals surface area (Å²) in [6, 6.07) is 0. The van der Waals surface area contributed by atoms with Gasteiger partial charge in [0.25, 0.3) is 0 Å². The summed E-state index contributed by atoms with van der Waals surface area (Å²) in [5, 5.41) is 8.83. The van der Waals surface area contributed by atoms with E-state index >= 15 is 0 Å². The van der Waals surface area contributed by atoms with Crippen molar-refractivity contribution >= 4 is 0 Å². The van der Waals surface area contributed by atoms with Crippen LogP contribution in [0.3, 0.4) is 0 Å². The number of aliphatic hydroxyl groups is 1. The molecule has 0 saturated heterocycles. The fourth-order valence-electron chi connectivity index (χ4n) is 2.78. The van der Waals surface area contributed by atoms with Gasteiger partial charge in [-0.05, 0) is 6.42 Å². The maximum Gasteiger partial charge on any atom is 0.0564 e. The maximum atomic E-state index is 8.83. The molecule has 1 unspecified atom stereocenters. The van der Waals surface area contributed by atoms with Gasteiger partial charge in [0.15, 0.2) is 0 Å². The van der Waals surface area contributed by atoms with Gasteiger partial charge < -0.3 is 5.11 Å². The van der Waals surface area contributed by atoms with Gasteiger partial charge in [0.1, 0.15) is 0 Å². The van der Waals surface area contributed by atoms with Crippen molar-refractivity contribution in [3.8, 4) is 0 Å². The van der Waals surface area contributed by atoms with E-state index < -0.39 is 6.58 Å². The zero-order valence-electron chi connectivity index (χ0n) is 15.0. The molecule has 0 fully saturated rings. The van der Waals surface area contributed by atoms with Gasteiger partial charge in [-0.25, -0.2) is 0 Å². The summed E-state index contributed by atoms with van der Waals surface area (Å²) in [6.45, 7) is 1.43. The molecular weight excluding hydrogens is 244 g/mol. The molecule has 20 heavy (non-hydrogen) atoms. The number of hydrogen-bond donors (Lipinski definition) is 1. The van der Waals surface area contributed by atoms with Crippen molar-refractivity contribution < 1.29 is 6.48 Å². The molecule has 0 bridgehead atoms. The first-order valence-electron chi connectivity index (χ1n) is 9.95. The Balaban J connectivity index is 2.93. The zero-order valence-corrected chi connectivity index (χ0v) is 14.0. The highest BCUT2D eigenvalue weighted by atomic mass is 16.2.